The first kappa shape index (κ1) is 14.4. The van der Waals surface area contributed by atoms with Crippen LogP contribution in [0.3, 0.4) is 0 Å². The average Bonchev–Trinajstić information content (AvgIpc) is 2.38. The minimum atomic E-state index is -1.08. The van der Waals surface area contributed by atoms with Crippen molar-refractivity contribution >= 4 is 40.7 Å². The number of halogens is 2. The molecule has 0 radical (unpaired) electrons. The molecule has 2 aromatic rings. The number of ether oxygens (including phenoxy) is 1. The molecule has 0 unspecified atom stereocenters. The number of carboxylic acids is 1. The van der Waals surface area contributed by atoms with Crippen LogP contribution in [-0.2, 0) is 0 Å². The van der Waals surface area contributed by atoms with Crippen LogP contribution in [0.1, 0.15) is 10.4 Å². The van der Waals surface area contributed by atoms with Crippen LogP contribution in [0.5, 0.6) is 5.75 Å². The highest BCUT2D eigenvalue weighted by atomic mass is 35.5. The molecule has 0 saturated carbocycles. The van der Waals surface area contributed by atoms with Crippen LogP contribution in [0.2, 0.25) is 10.2 Å². The van der Waals surface area contributed by atoms with E-state index in [-0.39, 0.29) is 10.7 Å². The predicted molar refractivity (Wildman–Crippen MR) is 77.5 cm³/mol. The first-order valence-corrected chi connectivity index (χ1v) is 6.26. The van der Waals surface area contributed by atoms with E-state index < -0.39 is 5.97 Å². The summed E-state index contributed by atoms with van der Waals surface area (Å²) in [6, 6.07) is 7.72. The molecule has 0 saturated heterocycles. The minimum Gasteiger partial charge on any atom is -0.495 e. The van der Waals surface area contributed by atoms with Crippen molar-refractivity contribution in [3.05, 3.63) is 46.1 Å². The number of carbonyl (C=O) groups is 1. The van der Waals surface area contributed by atoms with Crippen molar-refractivity contribution in [2.24, 2.45) is 0 Å². The van der Waals surface area contributed by atoms with Gasteiger partial charge in [-0.1, -0.05) is 23.2 Å². The third-order valence-corrected chi connectivity index (χ3v) is 2.95. The molecule has 2 N–H and O–H groups in total. The Labute approximate surface area is 125 Å². The molecule has 5 nitrogen and oxygen atoms in total. The second kappa shape index (κ2) is 5.98. The third-order valence-electron chi connectivity index (χ3n) is 2.47. The van der Waals surface area contributed by atoms with Crippen LogP contribution in [0.4, 0.5) is 11.5 Å². The van der Waals surface area contributed by atoms with Gasteiger partial charge in [0.15, 0.2) is 0 Å². The van der Waals surface area contributed by atoms with Crippen LogP contribution in [0.15, 0.2) is 30.3 Å². The molecule has 1 aromatic carbocycles. The van der Waals surface area contributed by atoms with E-state index in [1.807, 2.05) is 0 Å². The fourth-order valence-corrected chi connectivity index (χ4v) is 2.04. The number of nitrogens with zero attached hydrogens (tertiary/aromatic N) is 1. The van der Waals surface area contributed by atoms with Crippen molar-refractivity contribution in [3.63, 3.8) is 0 Å². The van der Waals surface area contributed by atoms with Crippen LogP contribution in [0.25, 0.3) is 0 Å². The van der Waals surface area contributed by atoms with E-state index in [9.17, 15) is 4.79 Å². The molecular formula is C13H10Cl2N2O3. The highest BCUT2D eigenvalue weighted by Crippen LogP contribution is 2.29. The van der Waals surface area contributed by atoms with Crippen molar-refractivity contribution in [2.75, 3.05) is 12.4 Å². The lowest BCUT2D eigenvalue weighted by Crippen LogP contribution is -2.01. The highest BCUT2D eigenvalue weighted by Gasteiger charge is 2.08. The zero-order valence-corrected chi connectivity index (χ0v) is 11.9. The molecule has 0 aliphatic heterocycles. The van der Waals surface area contributed by atoms with Crippen molar-refractivity contribution in [1.82, 2.24) is 4.98 Å². The standard InChI is InChI=1S/C13H10Cl2N2O3/c1-20-10-3-2-8(6-9(10)14)16-12-5-7(13(18)19)4-11(15)17-12/h2-6H,1H3,(H,16,17)(H,18,19). The number of aromatic nitrogens is 1. The third kappa shape index (κ3) is 3.31. The van der Waals surface area contributed by atoms with Gasteiger partial charge in [0.05, 0.1) is 17.7 Å². The predicted octanol–water partition coefficient (Wildman–Crippen LogP) is 3.84. The van der Waals surface area contributed by atoms with Gasteiger partial charge >= 0.3 is 5.97 Å². The molecule has 7 heteroatoms. The van der Waals surface area contributed by atoms with Gasteiger partial charge in [-0.3, -0.25) is 0 Å². The highest BCUT2D eigenvalue weighted by molar-refractivity contribution is 6.32. The van der Waals surface area contributed by atoms with Crippen LogP contribution in [-0.4, -0.2) is 23.2 Å². The Bertz CT molecular complexity index is 662. The topological polar surface area (TPSA) is 71.5 Å². The molecule has 20 heavy (non-hydrogen) atoms. The lowest BCUT2D eigenvalue weighted by atomic mass is 10.2. The Morgan fingerprint density at radius 2 is 2.05 bits per heavy atom. The summed E-state index contributed by atoms with van der Waals surface area (Å²) in [7, 11) is 1.52. The van der Waals surface area contributed by atoms with E-state index in [4.69, 9.17) is 33.0 Å². The van der Waals surface area contributed by atoms with Gasteiger partial charge in [-0.05, 0) is 30.3 Å². The van der Waals surface area contributed by atoms with Gasteiger partial charge in [0.1, 0.15) is 16.7 Å². The first-order chi connectivity index (χ1) is 9.49. The van der Waals surface area contributed by atoms with Crippen molar-refractivity contribution < 1.29 is 14.6 Å². The van der Waals surface area contributed by atoms with Gasteiger partial charge in [-0.2, -0.15) is 0 Å². The van der Waals surface area contributed by atoms with Crippen LogP contribution >= 0.6 is 23.2 Å². The monoisotopic (exact) mass is 312 g/mol. The molecule has 0 atom stereocenters. The number of nitrogens with one attached hydrogen (secondary N) is 1. The maximum Gasteiger partial charge on any atom is 0.335 e. The SMILES string of the molecule is COc1ccc(Nc2cc(C(=O)O)cc(Cl)n2)cc1Cl. The van der Waals surface area contributed by atoms with Crippen molar-refractivity contribution in [2.45, 2.75) is 0 Å². The van der Waals surface area contributed by atoms with Gasteiger partial charge in [-0.25, -0.2) is 9.78 Å². The summed E-state index contributed by atoms with van der Waals surface area (Å²) in [6.07, 6.45) is 0. The minimum absolute atomic E-state index is 0.0482. The quantitative estimate of drug-likeness (QED) is 0.839. The molecule has 1 aromatic heterocycles. The van der Waals surface area contributed by atoms with Crippen molar-refractivity contribution in [1.29, 1.82) is 0 Å². The zero-order chi connectivity index (χ0) is 14.7. The average molecular weight is 313 g/mol. The summed E-state index contributed by atoms with van der Waals surface area (Å²) in [4.78, 5) is 14.9. The number of benzene rings is 1. The molecule has 0 amide bonds. The number of pyridine rings is 1. The van der Waals surface area contributed by atoms with Gasteiger partial charge in [-0.15, -0.1) is 0 Å². The Hall–Kier alpha value is -1.98. The maximum absolute atomic E-state index is 10.9. The fraction of sp³-hybridized carbons (Fsp3) is 0.0769. The Balaban J connectivity index is 2.30. The summed E-state index contributed by atoms with van der Waals surface area (Å²) < 4.78 is 5.05. The number of hydrogen-bond acceptors (Lipinski definition) is 4. The van der Waals surface area contributed by atoms with Gasteiger partial charge in [0.2, 0.25) is 0 Å². The van der Waals surface area contributed by atoms with E-state index in [0.717, 1.165) is 0 Å². The second-order valence-electron chi connectivity index (χ2n) is 3.84. The molecule has 0 fully saturated rings. The zero-order valence-electron chi connectivity index (χ0n) is 10.4. The Kier molecular flexibility index (Phi) is 4.32. The molecule has 2 rings (SSSR count). The summed E-state index contributed by atoms with van der Waals surface area (Å²) in [5.74, 6) is -0.219. The van der Waals surface area contributed by atoms with Gasteiger partial charge in [0, 0.05) is 5.69 Å². The number of rotatable bonds is 4. The Morgan fingerprint density at radius 3 is 2.65 bits per heavy atom. The number of anilines is 2. The van der Waals surface area contributed by atoms with E-state index in [1.165, 1.54) is 19.2 Å². The summed E-state index contributed by atoms with van der Waals surface area (Å²) in [6.45, 7) is 0. The molecule has 104 valence electrons. The molecule has 0 aliphatic carbocycles. The first-order valence-electron chi connectivity index (χ1n) is 5.51. The van der Waals surface area contributed by atoms with E-state index in [1.54, 1.807) is 18.2 Å². The molecule has 0 aliphatic rings. The number of aromatic carboxylic acids is 1. The summed E-state index contributed by atoms with van der Waals surface area (Å²) >= 11 is 11.8. The normalized spacial score (nSPS) is 10.2. The van der Waals surface area contributed by atoms with Gasteiger partial charge < -0.3 is 15.2 Å². The summed E-state index contributed by atoms with van der Waals surface area (Å²) in [5, 5.41) is 12.4. The van der Waals surface area contributed by atoms with Crippen LogP contribution in [0, 0.1) is 0 Å². The lowest BCUT2D eigenvalue weighted by Gasteiger charge is -2.09. The van der Waals surface area contributed by atoms with E-state index >= 15 is 0 Å². The van der Waals surface area contributed by atoms with E-state index in [0.29, 0.717) is 22.3 Å². The van der Waals surface area contributed by atoms with Crippen molar-refractivity contribution in [3.8, 4) is 5.75 Å². The molecule has 0 spiro atoms. The maximum atomic E-state index is 10.9. The number of methoxy groups -OCH3 is 1. The molecular weight excluding hydrogens is 303 g/mol. The largest absolute Gasteiger partial charge is 0.495 e. The fourth-order valence-electron chi connectivity index (χ4n) is 1.58. The second-order valence-corrected chi connectivity index (χ2v) is 4.64. The lowest BCUT2D eigenvalue weighted by molar-refractivity contribution is 0.0697. The Morgan fingerprint density at radius 1 is 1.30 bits per heavy atom. The van der Waals surface area contributed by atoms with E-state index in [2.05, 4.69) is 10.3 Å². The smallest absolute Gasteiger partial charge is 0.335 e. The molecule has 0 bridgehead atoms. The number of hydrogen-bond donors (Lipinski definition) is 2. The molecule has 1 heterocycles. The van der Waals surface area contributed by atoms with Crippen LogP contribution < -0.4 is 10.1 Å². The number of carboxylic acid groups (broad SMARTS) is 1. The summed E-state index contributed by atoms with van der Waals surface area (Å²) in [5.41, 5.74) is 0.689. The van der Waals surface area contributed by atoms with Gasteiger partial charge in [0.25, 0.3) is 0 Å².